The Labute approximate surface area is 164 Å². The van der Waals surface area contributed by atoms with Gasteiger partial charge in [0.25, 0.3) is 5.91 Å². The van der Waals surface area contributed by atoms with Crippen molar-refractivity contribution in [3.8, 4) is 0 Å². The highest BCUT2D eigenvalue weighted by atomic mass is 79.9. The quantitative estimate of drug-likeness (QED) is 0.364. The Balaban J connectivity index is 1.96. The van der Waals surface area contributed by atoms with Crippen molar-refractivity contribution in [1.29, 1.82) is 0 Å². The summed E-state index contributed by atoms with van der Waals surface area (Å²) in [6.45, 7) is 0. The number of benzene rings is 2. The molecule has 0 aliphatic rings. The number of rotatable bonds is 5. The number of halogens is 3. The normalized spacial score (nSPS) is 11.7. The number of anilines is 1. The van der Waals surface area contributed by atoms with E-state index in [4.69, 9.17) is 35.4 Å². The smallest absolute Gasteiger partial charge is 0.252 e. The van der Waals surface area contributed by atoms with Gasteiger partial charge in [-0.2, -0.15) is 0 Å². The number of alkyl halides is 2. The zero-order valence-corrected chi connectivity index (χ0v) is 16.2. The highest BCUT2D eigenvalue weighted by molar-refractivity contribution is 9.10. The van der Waals surface area contributed by atoms with Gasteiger partial charge in [0.05, 0.1) is 0 Å². The van der Waals surface area contributed by atoms with E-state index in [1.807, 2.05) is 30.3 Å². The number of nitrogens with one attached hydrogen (secondary N) is 3. The van der Waals surface area contributed by atoms with Crippen LogP contribution < -0.4 is 16.0 Å². The fourth-order valence-electron chi connectivity index (χ4n) is 1.82. The van der Waals surface area contributed by atoms with E-state index in [0.29, 0.717) is 10.7 Å². The molecule has 126 valence electrons. The third kappa shape index (κ3) is 5.94. The molecule has 0 bridgehead atoms. The van der Waals surface area contributed by atoms with Gasteiger partial charge < -0.3 is 16.0 Å². The lowest BCUT2D eigenvalue weighted by molar-refractivity contribution is 0.0936. The molecule has 0 unspecified atom stereocenters. The van der Waals surface area contributed by atoms with Gasteiger partial charge in [-0.25, -0.2) is 0 Å². The summed E-state index contributed by atoms with van der Waals surface area (Å²) >= 11 is 20.5. The first kappa shape index (κ1) is 19.0. The first-order valence-electron chi connectivity index (χ1n) is 6.93. The summed E-state index contributed by atoms with van der Waals surface area (Å²) in [5.41, 5.74) is 1.30. The number of carbonyl (C=O) groups excluding carboxylic acids is 1. The molecule has 0 radical (unpaired) electrons. The predicted molar refractivity (Wildman–Crippen MR) is 107 cm³/mol. The van der Waals surface area contributed by atoms with E-state index in [2.05, 4.69) is 31.9 Å². The molecule has 2 aromatic rings. The maximum absolute atomic E-state index is 12.2. The van der Waals surface area contributed by atoms with Crippen molar-refractivity contribution in [3.63, 3.8) is 0 Å². The second-order valence-electron chi connectivity index (χ2n) is 4.76. The molecule has 0 aromatic heterocycles. The van der Waals surface area contributed by atoms with Gasteiger partial charge in [0.2, 0.25) is 0 Å². The van der Waals surface area contributed by atoms with Crippen LogP contribution in [0.3, 0.4) is 0 Å². The van der Waals surface area contributed by atoms with Crippen molar-refractivity contribution in [2.24, 2.45) is 0 Å². The van der Waals surface area contributed by atoms with Gasteiger partial charge >= 0.3 is 0 Å². The summed E-state index contributed by atoms with van der Waals surface area (Å²) in [4.78, 5) is 11.3. The number of thiocarbonyl (C=S) groups is 1. The third-order valence-corrected chi connectivity index (χ3v) is 4.22. The van der Waals surface area contributed by atoms with Crippen LogP contribution in [0.1, 0.15) is 10.4 Å². The average Bonchev–Trinajstić information content (AvgIpc) is 2.57. The minimum absolute atomic E-state index is 0.294. The van der Waals surface area contributed by atoms with Crippen LogP contribution in [-0.2, 0) is 0 Å². The van der Waals surface area contributed by atoms with Crippen molar-refractivity contribution in [2.75, 3.05) is 5.32 Å². The number of carbonyl (C=O) groups is 1. The van der Waals surface area contributed by atoms with Gasteiger partial charge in [-0.1, -0.05) is 34.1 Å². The molecule has 0 saturated heterocycles. The molecule has 0 spiro atoms. The Kier molecular flexibility index (Phi) is 7.30. The molecular formula is C16H14BrCl2N3OS. The molecule has 3 N–H and O–H groups in total. The summed E-state index contributed by atoms with van der Waals surface area (Å²) in [7, 11) is 0. The van der Waals surface area contributed by atoms with Crippen LogP contribution in [0, 0.1) is 0 Å². The third-order valence-electron chi connectivity index (χ3n) is 2.96. The second-order valence-corrected chi connectivity index (χ2v) is 7.24. The lowest BCUT2D eigenvalue weighted by atomic mass is 10.2. The fourth-order valence-corrected chi connectivity index (χ4v) is 2.58. The maximum atomic E-state index is 12.2. The summed E-state index contributed by atoms with van der Waals surface area (Å²) in [6, 6.07) is 16.2. The van der Waals surface area contributed by atoms with Gasteiger partial charge in [-0.05, 0) is 48.6 Å². The van der Waals surface area contributed by atoms with Gasteiger partial charge in [0, 0.05) is 15.7 Å². The van der Waals surface area contributed by atoms with E-state index in [0.717, 1.165) is 10.2 Å². The fraction of sp³-hybridized carbons (Fsp3) is 0.125. The first-order valence-corrected chi connectivity index (χ1v) is 9.00. The molecule has 1 atom stereocenters. The molecule has 0 aliphatic carbocycles. The van der Waals surface area contributed by atoms with Crippen LogP contribution >= 0.6 is 51.3 Å². The Bertz CT molecular complexity index is 698. The molecular weight excluding hydrogens is 433 g/mol. The van der Waals surface area contributed by atoms with E-state index >= 15 is 0 Å². The Hall–Kier alpha value is -1.34. The molecule has 0 fully saturated rings. The predicted octanol–water partition coefficient (Wildman–Crippen LogP) is 4.30. The SMILES string of the molecule is O=C(N[C@@H](NC(=S)Nc1ccc(Br)cc1)C(Cl)Cl)c1ccccc1. The van der Waals surface area contributed by atoms with Gasteiger partial charge in [0.15, 0.2) is 5.11 Å². The largest absolute Gasteiger partial charge is 0.340 e. The van der Waals surface area contributed by atoms with Crippen molar-refractivity contribution in [1.82, 2.24) is 10.6 Å². The van der Waals surface area contributed by atoms with Gasteiger partial charge in [-0.3, -0.25) is 4.79 Å². The number of hydrogen-bond donors (Lipinski definition) is 3. The summed E-state index contributed by atoms with van der Waals surface area (Å²) < 4.78 is 0.960. The lowest BCUT2D eigenvalue weighted by Gasteiger charge is -2.23. The summed E-state index contributed by atoms with van der Waals surface area (Å²) in [5.74, 6) is -0.300. The van der Waals surface area contributed by atoms with Crippen molar-refractivity contribution >= 4 is 68.1 Å². The van der Waals surface area contributed by atoms with E-state index in [1.54, 1.807) is 24.3 Å². The highest BCUT2D eigenvalue weighted by Crippen LogP contribution is 2.14. The van der Waals surface area contributed by atoms with E-state index in [-0.39, 0.29) is 5.91 Å². The number of amides is 1. The van der Waals surface area contributed by atoms with Crippen LogP contribution in [-0.4, -0.2) is 22.0 Å². The zero-order chi connectivity index (χ0) is 17.5. The molecule has 2 aromatic carbocycles. The topological polar surface area (TPSA) is 53.2 Å². The average molecular weight is 447 g/mol. The minimum Gasteiger partial charge on any atom is -0.340 e. The Morgan fingerprint density at radius 1 is 1.00 bits per heavy atom. The van der Waals surface area contributed by atoms with Crippen LogP contribution in [0.15, 0.2) is 59.1 Å². The van der Waals surface area contributed by atoms with Crippen LogP contribution in [0.25, 0.3) is 0 Å². The Morgan fingerprint density at radius 2 is 1.62 bits per heavy atom. The molecule has 0 saturated carbocycles. The molecule has 8 heteroatoms. The van der Waals surface area contributed by atoms with Crippen LogP contribution in [0.5, 0.6) is 0 Å². The lowest BCUT2D eigenvalue weighted by Crippen LogP contribution is -2.52. The Morgan fingerprint density at radius 3 is 2.21 bits per heavy atom. The minimum atomic E-state index is -0.887. The van der Waals surface area contributed by atoms with E-state index < -0.39 is 11.0 Å². The van der Waals surface area contributed by atoms with Gasteiger partial charge in [-0.15, -0.1) is 23.2 Å². The van der Waals surface area contributed by atoms with Crippen LogP contribution in [0.4, 0.5) is 5.69 Å². The molecule has 24 heavy (non-hydrogen) atoms. The van der Waals surface area contributed by atoms with Crippen molar-refractivity contribution in [3.05, 3.63) is 64.6 Å². The number of hydrogen-bond acceptors (Lipinski definition) is 2. The van der Waals surface area contributed by atoms with Gasteiger partial charge in [0.1, 0.15) is 11.0 Å². The van der Waals surface area contributed by atoms with Crippen LogP contribution in [0.2, 0.25) is 0 Å². The summed E-state index contributed by atoms with van der Waals surface area (Å²) in [5, 5.41) is 8.89. The summed E-state index contributed by atoms with van der Waals surface area (Å²) in [6.07, 6.45) is -0.739. The zero-order valence-electron chi connectivity index (χ0n) is 12.3. The van der Waals surface area contributed by atoms with Crippen molar-refractivity contribution < 1.29 is 4.79 Å². The maximum Gasteiger partial charge on any atom is 0.252 e. The molecule has 0 heterocycles. The highest BCUT2D eigenvalue weighted by Gasteiger charge is 2.21. The standard InChI is InChI=1S/C16H14BrCl2N3OS/c17-11-6-8-12(9-7-11)20-16(24)22-14(13(18)19)21-15(23)10-4-2-1-3-5-10/h1-9,13-14H,(H,21,23)(H2,20,22,24)/t14-/m0/s1. The second kappa shape index (κ2) is 9.22. The first-order chi connectivity index (χ1) is 11.5. The molecule has 2 rings (SSSR count). The molecule has 0 aliphatic heterocycles. The van der Waals surface area contributed by atoms with E-state index in [9.17, 15) is 4.79 Å². The monoisotopic (exact) mass is 445 g/mol. The molecule has 1 amide bonds. The molecule has 4 nitrogen and oxygen atoms in total. The van der Waals surface area contributed by atoms with Crippen molar-refractivity contribution in [2.45, 2.75) is 11.0 Å². The van der Waals surface area contributed by atoms with E-state index in [1.165, 1.54) is 0 Å².